The fourth-order valence-corrected chi connectivity index (χ4v) is 14.2. The lowest BCUT2D eigenvalue weighted by Crippen LogP contribution is -2.73. The third kappa shape index (κ3) is 11.4. The number of alkyl halides is 3. The van der Waals surface area contributed by atoms with E-state index in [1.54, 1.807) is 28.4 Å². The summed E-state index contributed by atoms with van der Waals surface area (Å²) in [6.07, 6.45) is 3.45. The molecule has 6 heterocycles. The molecule has 1 N–H and O–H groups in total. The van der Waals surface area contributed by atoms with Gasteiger partial charge >= 0.3 is 11.9 Å². The Balaban J connectivity index is 0.767. The predicted molar refractivity (Wildman–Crippen MR) is 300 cm³/mol. The number of methoxy groups -OCH3 is 1. The Morgan fingerprint density at radius 3 is 2.32 bits per heavy atom. The summed E-state index contributed by atoms with van der Waals surface area (Å²) < 4.78 is 64.1. The van der Waals surface area contributed by atoms with Gasteiger partial charge in [-0.15, -0.1) is 0 Å². The molecule has 78 heavy (non-hydrogen) atoms. The van der Waals surface area contributed by atoms with Crippen LogP contribution < -0.4 is 20.6 Å². The number of nitrogens with zero attached hydrogens (tertiary/aromatic N) is 6. The zero-order valence-electron chi connectivity index (χ0n) is 47.0. The molecular weight excluding hydrogens is 1020 g/mol. The summed E-state index contributed by atoms with van der Waals surface area (Å²) in [5, 5.41) is 3.40. The molecule has 4 aromatic rings. The summed E-state index contributed by atoms with van der Waals surface area (Å²) in [5.74, 6) is 0.313. The van der Waals surface area contributed by atoms with Crippen molar-refractivity contribution >= 4 is 48.1 Å². The molecule has 3 atom stereocenters. The minimum Gasteiger partial charge on any atom is -0.497 e. The number of ether oxygens (including phenoxy) is 3. The minimum atomic E-state index is -4.36. The summed E-state index contributed by atoms with van der Waals surface area (Å²) >= 11 is 0. The first-order valence-corrected chi connectivity index (χ1v) is 31.9. The molecule has 0 saturated carbocycles. The van der Waals surface area contributed by atoms with Crippen molar-refractivity contribution in [2.45, 2.75) is 147 Å². The number of imide groups is 1. The number of amides is 3. The van der Waals surface area contributed by atoms with Crippen molar-refractivity contribution in [1.82, 2.24) is 29.2 Å². The zero-order chi connectivity index (χ0) is 55.6. The van der Waals surface area contributed by atoms with Gasteiger partial charge in [0, 0.05) is 85.5 Å². The molecule has 1 unspecified atom stereocenters. The van der Waals surface area contributed by atoms with E-state index >= 15 is 0 Å². The van der Waals surface area contributed by atoms with Crippen LogP contribution in [0.3, 0.4) is 0 Å². The molecule has 5 aliphatic heterocycles. The second-order valence-electron chi connectivity index (χ2n) is 26.0. The average Bonchev–Trinajstić information content (AvgIpc) is 3.84. The maximum absolute atomic E-state index is 14.5. The number of hydrogen-bond acceptors (Lipinski definition) is 10. The second-order valence-corrected chi connectivity index (χ2v) is 31.6. The van der Waals surface area contributed by atoms with Gasteiger partial charge < -0.3 is 24.4 Å². The van der Waals surface area contributed by atoms with Crippen molar-refractivity contribution in [1.29, 1.82) is 0 Å². The fraction of sp³-hybridized carbons (Fsp3) is 0.600. The number of nitrogens with one attached hydrogen (secondary N) is 1. The van der Waals surface area contributed by atoms with E-state index in [2.05, 4.69) is 91.1 Å². The molecule has 3 saturated heterocycles. The van der Waals surface area contributed by atoms with Gasteiger partial charge in [0.25, 0.3) is 11.8 Å². The van der Waals surface area contributed by atoms with E-state index in [-0.39, 0.29) is 54.6 Å². The van der Waals surface area contributed by atoms with Crippen LogP contribution in [0.2, 0.25) is 25.7 Å². The third-order valence-electron chi connectivity index (χ3n) is 17.8. The van der Waals surface area contributed by atoms with Gasteiger partial charge in [0.1, 0.15) is 18.5 Å². The standard InChI is InChI=1S/C60H80F3N7O7Si/c1-56(2,60(61,62)63)36-65(27-25-58(26-30-77-57(3,4)35-58)45-17-19-46(75-5)20-18-45)33-41-9-13-43(14-10-41)44-15-11-42(12-16-44)34-66-37-59(38-66)39-67-28-29-68-52-48(22-21-47(51(52)67)53(72)64-59)70(55(68)74)49-23-24-50(71)69(54(49)73)40-76-31-32-78(6,7)8/h9-10,13-15,17-22,42,49H,11-12,16,23-40H2,1-8H3,(H,64,72)/t42-,49?,58+/m0/s1. The van der Waals surface area contributed by atoms with Gasteiger partial charge in [-0.2, -0.15) is 13.2 Å². The number of rotatable bonds is 18. The highest BCUT2D eigenvalue weighted by atomic mass is 28.3. The van der Waals surface area contributed by atoms with Crippen LogP contribution in [0.1, 0.15) is 112 Å². The van der Waals surface area contributed by atoms with Crippen molar-refractivity contribution in [2.24, 2.45) is 11.3 Å². The molecule has 6 aliphatic rings. The Labute approximate surface area is 458 Å². The van der Waals surface area contributed by atoms with Crippen LogP contribution in [0.4, 0.5) is 18.9 Å². The van der Waals surface area contributed by atoms with Crippen LogP contribution in [0.25, 0.3) is 16.6 Å². The van der Waals surface area contributed by atoms with Crippen molar-refractivity contribution in [3.05, 3.63) is 99.5 Å². The van der Waals surface area contributed by atoms with Crippen LogP contribution in [0, 0.1) is 11.3 Å². The maximum Gasteiger partial charge on any atom is 0.395 e. The number of carbonyl (C=O) groups excluding carboxylic acids is 3. The van der Waals surface area contributed by atoms with Gasteiger partial charge in [-0.1, -0.05) is 62.1 Å². The molecule has 1 aliphatic carbocycles. The van der Waals surface area contributed by atoms with E-state index in [0.717, 1.165) is 77.7 Å². The van der Waals surface area contributed by atoms with Crippen LogP contribution in [-0.2, 0) is 37.6 Å². The molecule has 1 aromatic heterocycles. The van der Waals surface area contributed by atoms with E-state index in [0.29, 0.717) is 88.0 Å². The number of hydrogen-bond donors (Lipinski definition) is 1. The number of aromatic nitrogens is 2. The average molecular weight is 1100 g/mol. The van der Waals surface area contributed by atoms with E-state index in [1.165, 1.54) is 19.4 Å². The Morgan fingerprint density at radius 1 is 0.910 bits per heavy atom. The predicted octanol–water partition coefficient (Wildman–Crippen LogP) is 9.62. The molecule has 14 nitrogen and oxygen atoms in total. The first-order valence-electron chi connectivity index (χ1n) is 28.2. The fourth-order valence-electron chi connectivity index (χ4n) is 13.4. The molecule has 3 fully saturated rings. The molecule has 3 amide bonds. The van der Waals surface area contributed by atoms with Gasteiger partial charge in [0.05, 0.1) is 45.9 Å². The van der Waals surface area contributed by atoms with Gasteiger partial charge in [0.15, 0.2) is 0 Å². The molecule has 3 aromatic carbocycles. The highest BCUT2D eigenvalue weighted by molar-refractivity contribution is 6.76. The topological polar surface area (TPSA) is 131 Å². The summed E-state index contributed by atoms with van der Waals surface area (Å²) in [6.45, 7) is 19.1. The largest absolute Gasteiger partial charge is 0.497 e. The summed E-state index contributed by atoms with van der Waals surface area (Å²) in [7, 11) is 0.265. The molecule has 0 radical (unpaired) electrons. The van der Waals surface area contributed by atoms with Crippen molar-refractivity contribution in [3.63, 3.8) is 0 Å². The second kappa shape index (κ2) is 21.3. The Kier molecular flexibility index (Phi) is 15.3. The first kappa shape index (κ1) is 56.0. The summed E-state index contributed by atoms with van der Waals surface area (Å²) in [6, 6.07) is 20.2. The number of piperidine rings is 1. The van der Waals surface area contributed by atoms with Crippen LogP contribution in [0.15, 0.2) is 71.5 Å². The Hall–Kier alpha value is -5.27. The first-order chi connectivity index (χ1) is 36.9. The molecule has 0 bridgehead atoms. The molecule has 10 rings (SSSR count). The van der Waals surface area contributed by atoms with Crippen LogP contribution in [0.5, 0.6) is 5.75 Å². The number of anilines is 1. The van der Waals surface area contributed by atoms with E-state index in [1.807, 2.05) is 17.0 Å². The molecule has 18 heteroatoms. The smallest absolute Gasteiger partial charge is 0.395 e. The lowest BCUT2D eigenvalue weighted by Gasteiger charge is -2.52. The van der Waals surface area contributed by atoms with Gasteiger partial charge in [-0.25, -0.2) is 4.79 Å². The normalized spacial score (nSPS) is 23.6. The van der Waals surface area contributed by atoms with Crippen LogP contribution in [-0.4, -0.2) is 140 Å². The number of imidazole rings is 1. The maximum atomic E-state index is 14.5. The zero-order valence-corrected chi connectivity index (χ0v) is 48.0. The lowest BCUT2D eigenvalue weighted by atomic mass is 9.67. The summed E-state index contributed by atoms with van der Waals surface area (Å²) in [5.41, 5.74) is 3.76. The molecule has 1 spiro atoms. The van der Waals surface area contributed by atoms with E-state index < -0.39 is 37.2 Å². The number of halogens is 3. The number of benzene rings is 3. The number of carbonyl (C=O) groups is 3. The van der Waals surface area contributed by atoms with E-state index in [9.17, 15) is 32.3 Å². The lowest BCUT2D eigenvalue weighted by molar-refractivity contribution is -0.217. The number of likely N-dealkylation sites (tertiary alicyclic amines) is 2. The van der Waals surface area contributed by atoms with Crippen molar-refractivity contribution in [3.8, 4) is 5.75 Å². The quantitative estimate of drug-likeness (QED) is 0.0584. The summed E-state index contributed by atoms with van der Waals surface area (Å²) in [4.78, 5) is 63.2. The SMILES string of the molecule is COc1ccc([C@]2(CCN(Cc3ccc(C4=CC[C@H](CN5CC6(C5)CN5CCn7c(=O)n(C8CCC(=O)N(COCC[Si](C)(C)C)C8=O)c8ccc(c5c87)C(=O)N6)CC4)cc3)CC(C)(C)C(F)(F)F)CCOC(C)(C)C2)cc1. The monoisotopic (exact) mass is 1100 g/mol. The third-order valence-corrected chi connectivity index (χ3v) is 19.5. The molecular formula is C60H80F3N7O7Si. The van der Waals surface area contributed by atoms with Gasteiger partial charge in [-0.05, 0) is 138 Å². The van der Waals surface area contributed by atoms with Crippen molar-refractivity contribution in [2.75, 3.05) is 77.8 Å². The highest BCUT2D eigenvalue weighted by Crippen LogP contribution is 2.46. The molecule has 422 valence electrons. The van der Waals surface area contributed by atoms with Crippen LogP contribution >= 0.6 is 0 Å². The minimum absolute atomic E-state index is 0.118. The Morgan fingerprint density at radius 2 is 1.65 bits per heavy atom. The van der Waals surface area contributed by atoms with Gasteiger partial charge in [-0.3, -0.25) is 38.2 Å². The van der Waals surface area contributed by atoms with Crippen molar-refractivity contribution < 1.29 is 41.8 Å². The highest BCUT2D eigenvalue weighted by Gasteiger charge is 2.51. The van der Waals surface area contributed by atoms with Gasteiger partial charge in [0.2, 0.25) is 5.91 Å². The Bertz CT molecular complexity index is 2990. The van der Waals surface area contributed by atoms with E-state index in [4.69, 9.17) is 14.2 Å². The number of allylic oxidation sites excluding steroid dienone is 2.